The number of benzene rings is 1. The molecule has 0 radical (unpaired) electrons. The topological polar surface area (TPSA) is 81.6 Å². The smallest absolute Gasteiger partial charge is 0.159 e. The van der Waals surface area contributed by atoms with Gasteiger partial charge in [-0.3, -0.25) is 0 Å². The standard InChI is InChI=1S/C14H16N6/c1-9(2)14-17-12(19-15)7-13(18-14)20-11-6-4-3-5-10(11)8-16-20/h3-9H,15H2,1-2H3,(H,17,18,19). The maximum Gasteiger partial charge on any atom is 0.159 e. The number of hydrogen-bond donors (Lipinski definition) is 2. The lowest BCUT2D eigenvalue weighted by atomic mass is 10.2. The number of aromatic nitrogens is 4. The largest absolute Gasteiger partial charge is 0.308 e. The molecule has 3 rings (SSSR count). The first-order valence-corrected chi connectivity index (χ1v) is 6.48. The third kappa shape index (κ3) is 2.10. The van der Waals surface area contributed by atoms with Crippen LogP contribution in [-0.2, 0) is 0 Å². The summed E-state index contributed by atoms with van der Waals surface area (Å²) in [4.78, 5) is 8.92. The SMILES string of the molecule is CC(C)c1nc(NN)cc(-n2ncc3ccccc32)n1. The van der Waals surface area contributed by atoms with E-state index in [0.29, 0.717) is 11.6 Å². The van der Waals surface area contributed by atoms with Crippen LogP contribution >= 0.6 is 0 Å². The zero-order chi connectivity index (χ0) is 14.1. The van der Waals surface area contributed by atoms with Crippen molar-refractivity contribution in [1.82, 2.24) is 19.7 Å². The van der Waals surface area contributed by atoms with Crippen LogP contribution < -0.4 is 11.3 Å². The van der Waals surface area contributed by atoms with Crippen molar-refractivity contribution in [3.05, 3.63) is 42.4 Å². The van der Waals surface area contributed by atoms with E-state index < -0.39 is 0 Å². The monoisotopic (exact) mass is 268 g/mol. The van der Waals surface area contributed by atoms with Crippen LogP contribution in [0.1, 0.15) is 25.6 Å². The molecule has 0 unspecified atom stereocenters. The zero-order valence-electron chi connectivity index (χ0n) is 11.4. The number of anilines is 1. The third-order valence-electron chi connectivity index (χ3n) is 3.09. The van der Waals surface area contributed by atoms with Crippen LogP contribution in [0.5, 0.6) is 0 Å². The Kier molecular flexibility index (Phi) is 3.08. The van der Waals surface area contributed by atoms with Gasteiger partial charge in [0.1, 0.15) is 11.6 Å². The van der Waals surface area contributed by atoms with E-state index in [1.54, 1.807) is 10.7 Å². The Labute approximate surface area is 116 Å². The normalized spacial score (nSPS) is 11.2. The molecule has 20 heavy (non-hydrogen) atoms. The number of nitrogens with two attached hydrogens (primary N) is 1. The van der Waals surface area contributed by atoms with Crippen LogP contribution in [0, 0.1) is 0 Å². The molecule has 1 aromatic carbocycles. The molecular weight excluding hydrogens is 252 g/mol. The van der Waals surface area contributed by atoms with Gasteiger partial charge >= 0.3 is 0 Å². The molecule has 3 aromatic rings. The second-order valence-corrected chi connectivity index (χ2v) is 4.88. The van der Waals surface area contributed by atoms with Crippen molar-refractivity contribution >= 4 is 16.7 Å². The van der Waals surface area contributed by atoms with E-state index in [-0.39, 0.29) is 5.92 Å². The Balaban J connectivity index is 2.20. The molecule has 0 fully saturated rings. The number of nitrogens with one attached hydrogen (secondary N) is 1. The van der Waals surface area contributed by atoms with E-state index in [9.17, 15) is 0 Å². The van der Waals surface area contributed by atoms with Gasteiger partial charge in [0.05, 0.1) is 11.7 Å². The summed E-state index contributed by atoms with van der Waals surface area (Å²) >= 11 is 0. The molecule has 0 saturated carbocycles. The summed E-state index contributed by atoms with van der Waals surface area (Å²) in [6.07, 6.45) is 1.82. The summed E-state index contributed by atoms with van der Waals surface area (Å²) < 4.78 is 1.80. The minimum absolute atomic E-state index is 0.212. The molecule has 6 heteroatoms. The second kappa shape index (κ2) is 4.90. The molecule has 0 amide bonds. The van der Waals surface area contributed by atoms with Crippen molar-refractivity contribution < 1.29 is 0 Å². The van der Waals surface area contributed by atoms with E-state index in [2.05, 4.69) is 20.5 Å². The predicted octanol–water partition coefficient (Wildman–Crippen LogP) is 2.22. The molecule has 0 bridgehead atoms. The number of nitrogen functional groups attached to an aromatic ring is 1. The fourth-order valence-corrected chi connectivity index (χ4v) is 2.05. The molecule has 0 aliphatic carbocycles. The lowest BCUT2D eigenvalue weighted by molar-refractivity contribution is 0.752. The van der Waals surface area contributed by atoms with Gasteiger partial charge in [0, 0.05) is 17.4 Å². The first kappa shape index (κ1) is 12.6. The van der Waals surface area contributed by atoms with Crippen LogP contribution in [0.15, 0.2) is 36.5 Å². The van der Waals surface area contributed by atoms with Gasteiger partial charge in [0.25, 0.3) is 0 Å². The Morgan fingerprint density at radius 2 is 2.00 bits per heavy atom. The fraction of sp³-hybridized carbons (Fsp3) is 0.214. The van der Waals surface area contributed by atoms with Gasteiger partial charge in [-0.1, -0.05) is 32.0 Å². The Morgan fingerprint density at radius 1 is 1.20 bits per heavy atom. The Bertz CT molecular complexity index is 746. The predicted molar refractivity (Wildman–Crippen MR) is 78.6 cm³/mol. The number of hydrogen-bond acceptors (Lipinski definition) is 5. The van der Waals surface area contributed by atoms with Crippen LogP contribution in [-0.4, -0.2) is 19.7 Å². The summed E-state index contributed by atoms with van der Waals surface area (Å²) in [6, 6.07) is 9.78. The summed E-state index contributed by atoms with van der Waals surface area (Å²) in [5.74, 6) is 7.72. The third-order valence-corrected chi connectivity index (χ3v) is 3.09. The summed E-state index contributed by atoms with van der Waals surface area (Å²) in [5.41, 5.74) is 3.58. The second-order valence-electron chi connectivity index (χ2n) is 4.88. The highest BCUT2D eigenvalue weighted by Crippen LogP contribution is 2.20. The van der Waals surface area contributed by atoms with E-state index in [1.165, 1.54) is 0 Å². The average molecular weight is 268 g/mol. The van der Waals surface area contributed by atoms with Gasteiger partial charge in [-0.25, -0.2) is 20.5 Å². The van der Waals surface area contributed by atoms with Crippen molar-refractivity contribution in [1.29, 1.82) is 0 Å². The van der Waals surface area contributed by atoms with Gasteiger partial charge in [0.2, 0.25) is 0 Å². The quantitative estimate of drug-likeness (QED) is 0.562. The number of hydrazine groups is 1. The molecule has 2 aromatic heterocycles. The van der Waals surface area contributed by atoms with Crippen molar-refractivity contribution in [2.75, 3.05) is 5.43 Å². The van der Waals surface area contributed by atoms with Gasteiger partial charge in [-0.05, 0) is 6.07 Å². The van der Waals surface area contributed by atoms with E-state index in [4.69, 9.17) is 5.84 Å². The van der Waals surface area contributed by atoms with Crippen LogP contribution in [0.4, 0.5) is 5.82 Å². The molecule has 6 nitrogen and oxygen atoms in total. The Hall–Kier alpha value is -2.47. The maximum absolute atomic E-state index is 5.48. The molecule has 0 spiro atoms. The lowest BCUT2D eigenvalue weighted by Gasteiger charge is -2.10. The van der Waals surface area contributed by atoms with Gasteiger partial charge in [0.15, 0.2) is 5.82 Å². The minimum atomic E-state index is 0.212. The number of para-hydroxylation sites is 1. The molecule has 0 atom stereocenters. The van der Waals surface area contributed by atoms with Crippen molar-refractivity contribution in [2.24, 2.45) is 5.84 Å². The number of nitrogens with zero attached hydrogens (tertiary/aromatic N) is 4. The average Bonchev–Trinajstić information content (AvgIpc) is 2.90. The first-order valence-electron chi connectivity index (χ1n) is 6.48. The first-order chi connectivity index (χ1) is 9.69. The number of fused-ring (bicyclic) bond motifs is 1. The fourth-order valence-electron chi connectivity index (χ4n) is 2.05. The lowest BCUT2D eigenvalue weighted by Crippen LogP contribution is -2.13. The zero-order valence-corrected chi connectivity index (χ0v) is 11.4. The van der Waals surface area contributed by atoms with Gasteiger partial charge in [-0.2, -0.15) is 5.10 Å². The number of rotatable bonds is 3. The van der Waals surface area contributed by atoms with Crippen LogP contribution in [0.2, 0.25) is 0 Å². The molecule has 102 valence electrons. The van der Waals surface area contributed by atoms with Gasteiger partial charge < -0.3 is 5.43 Å². The van der Waals surface area contributed by atoms with E-state index >= 15 is 0 Å². The van der Waals surface area contributed by atoms with Crippen LogP contribution in [0.3, 0.4) is 0 Å². The van der Waals surface area contributed by atoms with Gasteiger partial charge in [-0.15, -0.1) is 0 Å². The van der Waals surface area contributed by atoms with E-state index in [0.717, 1.165) is 16.7 Å². The highest BCUT2D eigenvalue weighted by molar-refractivity contribution is 5.79. The summed E-state index contributed by atoms with van der Waals surface area (Å²) in [5, 5.41) is 5.47. The highest BCUT2D eigenvalue weighted by Gasteiger charge is 2.11. The molecule has 2 heterocycles. The molecule has 0 aliphatic heterocycles. The van der Waals surface area contributed by atoms with Crippen molar-refractivity contribution in [2.45, 2.75) is 19.8 Å². The minimum Gasteiger partial charge on any atom is -0.308 e. The van der Waals surface area contributed by atoms with Crippen LogP contribution in [0.25, 0.3) is 16.7 Å². The highest BCUT2D eigenvalue weighted by atomic mass is 15.3. The maximum atomic E-state index is 5.48. The Morgan fingerprint density at radius 3 is 2.75 bits per heavy atom. The molecule has 0 aliphatic rings. The molecular formula is C14H16N6. The van der Waals surface area contributed by atoms with Crippen molar-refractivity contribution in [3.63, 3.8) is 0 Å². The van der Waals surface area contributed by atoms with E-state index in [1.807, 2.05) is 44.3 Å². The summed E-state index contributed by atoms with van der Waals surface area (Å²) in [7, 11) is 0. The summed E-state index contributed by atoms with van der Waals surface area (Å²) in [6.45, 7) is 4.08. The molecule has 3 N–H and O–H groups in total. The molecule has 0 saturated heterocycles. The van der Waals surface area contributed by atoms with Crippen molar-refractivity contribution in [3.8, 4) is 5.82 Å².